The Morgan fingerprint density at radius 2 is 2.00 bits per heavy atom. The fourth-order valence-corrected chi connectivity index (χ4v) is 3.49. The average molecular weight is 358 g/mol. The predicted molar refractivity (Wildman–Crippen MR) is 101 cm³/mol. The van der Waals surface area contributed by atoms with Crippen LogP contribution < -0.4 is 10.3 Å². The lowest BCUT2D eigenvalue weighted by molar-refractivity contribution is -0.139. The van der Waals surface area contributed by atoms with Crippen molar-refractivity contribution in [2.24, 2.45) is 5.10 Å². The lowest BCUT2D eigenvalue weighted by Gasteiger charge is -2.42. The molecule has 1 aliphatic carbocycles. The van der Waals surface area contributed by atoms with Gasteiger partial charge in [0.15, 0.2) is 0 Å². The number of carbonyl (C=O) groups excluding carboxylic acids is 1. The topological polar surface area (TPSA) is 85.2 Å². The van der Waals surface area contributed by atoms with Gasteiger partial charge in [-0.1, -0.05) is 6.92 Å². The molecule has 0 atom stereocenters. The van der Waals surface area contributed by atoms with E-state index in [4.69, 9.17) is 5.11 Å². The molecule has 1 aliphatic heterocycles. The largest absolute Gasteiger partial charge is 0.480 e. The molecule has 0 radical (unpaired) electrons. The molecule has 2 aliphatic rings. The number of nitrogens with zero attached hydrogens (tertiary/aromatic N) is 3. The van der Waals surface area contributed by atoms with Gasteiger partial charge < -0.3 is 10.4 Å². The molecule has 1 aromatic rings. The summed E-state index contributed by atoms with van der Waals surface area (Å²) in [6.07, 6.45) is 2.57. The van der Waals surface area contributed by atoms with Crippen molar-refractivity contribution in [3.8, 4) is 0 Å². The Hall–Kier alpha value is -2.41. The van der Waals surface area contributed by atoms with Gasteiger partial charge >= 0.3 is 5.97 Å². The molecule has 0 aromatic heterocycles. The smallest absolute Gasteiger partial charge is 0.317 e. The van der Waals surface area contributed by atoms with Gasteiger partial charge in [0.25, 0.3) is 5.91 Å². The van der Waals surface area contributed by atoms with Gasteiger partial charge in [-0.05, 0) is 50.6 Å². The van der Waals surface area contributed by atoms with Crippen LogP contribution in [0.15, 0.2) is 29.4 Å². The SMILES string of the molecule is CCN(CC(=O)O)C1CC(NC(=O)c2ccc(N3CCC(C)=N3)cc2)C1. The number of aliphatic carboxylic acids is 1. The number of hydrogen-bond acceptors (Lipinski definition) is 5. The summed E-state index contributed by atoms with van der Waals surface area (Å²) in [6.45, 7) is 5.62. The van der Waals surface area contributed by atoms with Crippen molar-refractivity contribution in [3.63, 3.8) is 0 Å². The van der Waals surface area contributed by atoms with E-state index >= 15 is 0 Å². The summed E-state index contributed by atoms with van der Waals surface area (Å²) in [5.41, 5.74) is 2.75. The number of carboxylic acids is 1. The first-order valence-electron chi connectivity index (χ1n) is 9.14. The number of carbonyl (C=O) groups is 2. The standard InChI is InChI=1S/C19H26N4O3/c1-3-22(12-18(24)25)17-10-15(11-17)20-19(26)14-4-6-16(7-5-14)23-9-8-13(2)21-23/h4-7,15,17H,3,8-12H2,1-2H3,(H,20,26)(H,24,25). The van der Waals surface area contributed by atoms with Crippen LogP contribution in [0.5, 0.6) is 0 Å². The number of amides is 1. The van der Waals surface area contributed by atoms with Crippen LogP contribution >= 0.6 is 0 Å². The number of hydrazone groups is 1. The van der Waals surface area contributed by atoms with Crippen LogP contribution in [0.1, 0.15) is 43.5 Å². The van der Waals surface area contributed by atoms with Gasteiger partial charge in [0.1, 0.15) is 0 Å². The van der Waals surface area contributed by atoms with Crippen molar-refractivity contribution in [3.05, 3.63) is 29.8 Å². The molecule has 1 amide bonds. The molecule has 0 saturated heterocycles. The summed E-state index contributed by atoms with van der Waals surface area (Å²) in [5, 5.41) is 18.4. The van der Waals surface area contributed by atoms with Gasteiger partial charge in [-0.2, -0.15) is 5.10 Å². The third-order valence-corrected chi connectivity index (χ3v) is 5.11. The molecule has 1 saturated carbocycles. The first-order chi connectivity index (χ1) is 12.5. The van der Waals surface area contributed by atoms with E-state index in [1.165, 1.54) is 0 Å². The number of carboxylic acid groups (broad SMARTS) is 1. The maximum atomic E-state index is 12.4. The Kier molecular flexibility index (Phi) is 5.56. The molecule has 26 heavy (non-hydrogen) atoms. The highest BCUT2D eigenvalue weighted by Gasteiger charge is 2.34. The van der Waals surface area contributed by atoms with Gasteiger partial charge in [0, 0.05) is 36.3 Å². The summed E-state index contributed by atoms with van der Waals surface area (Å²) in [5.74, 6) is -0.889. The van der Waals surface area contributed by atoms with Crippen LogP contribution in [0.2, 0.25) is 0 Å². The normalized spacial score (nSPS) is 22.1. The Labute approximate surface area is 153 Å². The maximum Gasteiger partial charge on any atom is 0.317 e. The fourth-order valence-electron chi connectivity index (χ4n) is 3.49. The van der Waals surface area contributed by atoms with Crippen molar-refractivity contribution < 1.29 is 14.7 Å². The first-order valence-corrected chi connectivity index (χ1v) is 9.14. The lowest BCUT2D eigenvalue weighted by atomic mass is 9.85. The third-order valence-electron chi connectivity index (χ3n) is 5.11. The number of benzene rings is 1. The van der Waals surface area contributed by atoms with Gasteiger partial charge in [0.05, 0.1) is 12.2 Å². The molecule has 0 unspecified atom stereocenters. The van der Waals surface area contributed by atoms with E-state index in [9.17, 15) is 9.59 Å². The molecule has 2 N–H and O–H groups in total. The predicted octanol–water partition coefficient (Wildman–Crippen LogP) is 1.94. The Balaban J connectivity index is 1.49. The van der Waals surface area contributed by atoms with Crippen molar-refractivity contribution >= 4 is 23.3 Å². The summed E-state index contributed by atoms with van der Waals surface area (Å²) < 4.78 is 0. The fraction of sp³-hybridized carbons (Fsp3) is 0.526. The Morgan fingerprint density at radius 3 is 2.54 bits per heavy atom. The quantitative estimate of drug-likeness (QED) is 0.778. The molecule has 0 spiro atoms. The zero-order valence-electron chi connectivity index (χ0n) is 15.3. The summed E-state index contributed by atoms with van der Waals surface area (Å²) in [7, 11) is 0. The van der Waals surface area contributed by atoms with E-state index in [0.29, 0.717) is 12.1 Å². The zero-order chi connectivity index (χ0) is 18.7. The van der Waals surface area contributed by atoms with Crippen molar-refractivity contribution in [1.82, 2.24) is 10.2 Å². The number of likely N-dealkylation sites (N-methyl/N-ethyl adjacent to an activating group) is 1. The molecular weight excluding hydrogens is 332 g/mol. The van der Waals surface area contributed by atoms with E-state index in [1.54, 1.807) is 0 Å². The lowest BCUT2D eigenvalue weighted by Crippen LogP contribution is -2.54. The van der Waals surface area contributed by atoms with Crippen LogP contribution in [0, 0.1) is 0 Å². The molecule has 1 fully saturated rings. The van der Waals surface area contributed by atoms with Gasteiger partial charge in [0.2, 0.25) is 0 Å². The summed E-state index contributed by atoms with van der Waals surface area (Å²) >= 11 is 0. The minimum Gasteiger partial charge on any atom is -0.480 e. The van der Waals surface area contributed by atoms with Crippen molar-refractivity contribution in [2.75, 3.05) is 24.6 Å². The second-order valence-corrected chi connectivity index (χ2v) is 7.01. The molecule has 0 bridgehead atoms. The summed E-state index contributed by atoms with van der Waals surface area (Å²) in [4.78, 5) is 25.2. The first kappa shape index (κ1) is 18.4. The number of hydrogen-bond donors (Lipinski definition) is 2. The van der Waals surface area contributed by atoms with Gasteiger partial charge in [-0.25, -0.2) is 0 Å². The van der Waals surface area contributed by atoms with Crippen LogP contribution in [0.25, 0.3) is 0 Å². The van der Waals surface area contributed by atoms with E-state index < -0.39 is 5.97 Å². The van der Waals surface area contributed by atoms with Crippen molar-refractivity contribution in [1.29, 1.82) is 0 Å². The second kappa shape index (κ2) is 7.86. The molecule has 3 rings (SSSR count). The average Bonchev–Trinajstić information content (AvgIpc) is 3.02. The molecule has 7 heteroatoms. The highest BCUT2D eigenvalue weighted by Crippen LogP contribution is 2.26. The molecule has 1 heterocycles. The van der Waals surface area contributed by atoms with Crippen molar-refractivity contribution in [2.45, 2.75) is 45.2 Å². The second-order valence-electron chi connectivity index (χ2n) is 7.01. The number of nitrogens with one attached hydrogen (secondary N) is 1. The van der Waals surface area contributed by atoms with Crippen LogP contribution in [-0.2, 0) is 4.79 Å². The monoisotopic (exact) mass is 358 g/mol. The minimum absolute atomic E-state index is 0.0573. The highest BCUT2D eigenvalue weighted by atomic mass is 16.4. The number of rotatable bonds is 7. The van der Waals surface area contributed by atoms with Crippen LogP contribution in [0.4, 0.5) is 5.69 Å². The molecule has 1 aromatic carbocycles. The van der Waals surface area contributed by atoms with Gasteiger partial charge in [-0.3, -0.25) is 19.5 Å². The van der Waals surface area contributed by atoms with Crippen LogP contribution in [-0.4, -0.2) is 59.3 Å². The maximum absolute atomic E-state index is 12.4. The summed E-state index contributed by atoms with van der Waals surface area (Å²) in [6, 6.07) is 7.85. The third kappa shape index (κ3) is 4.22. The Morgan fingerprint density at radius 1 is 1.31 bits per heavy atom. The number of anilines is 1. The molecule has 7 nitrogen and oxygen atoms in total. The van der Waals surface area contributed by atoms with Crippen LogP contribution in [0.3, 0.4) is 0 Å². The van der Waals surface area contributed by atoms with E-state index in [-0.39, 0.29) is 24.5 Å². The minimum atomic E-state index is -0.808. The van der Waals surface area contributed by atoms with E-state index in [2.05, 4.69) is 10.4 Å². The van der Waals surface area contributed by atoms with E-state index in [1.807, 2.05) is 48.0 Å². The zero-order valence-corrected chi connectivity index (χ0v) is 15.3. The molecule has 140 valence electrons. The highest BCUT2D eigenvalue weighted by molar-refractivity contribution is 5.95. The molecular formula is C19H26N4O3. The Bertz CT molecular complexity index is 695. The van der Waals surface area contributed by atoms with Gasteiger partial charge in [-0.15, -0.1) is 0 Å². The van der Waals surface area contributed by atoms with E-state index in [0.717, 1.165) is 37.2 Å².